The summed E-state index contributed by atoms with van der Waals surface area (Å²) in [4.78, 5) is 11.8. The molecule has 1 amide bonds. The van der Waals surface area contributed by atoms with E-state index < -0.39 is 5.82 Å². The number of ether oxygens (including phenoxy) is 1. The molecule has 8 heteroatoms. The molecule has 0 spiro atoms. The van der Waals surface area contributed by atoms with Gasteiger partial charge in [0.05, 0.1) is 5.75 Å². The van der Waals surface area contributed by atoms with Crippen LogP contribution in [0.2, 0.25) is 0 Å². The fraction of sp³-hybridized carbons (Fsp3) is 0.353. The first kappa shape index (κ1) is 19.0. The van der Waals surface area contributed by atoms with E-state index in [2.05, 4.69) is 22.1 Å². The number of thioether (sulfide) groups is 1. The summed E-state index contributed by atoms with van der Waals surface area (Å²) in [7, 11) is 0. The van der Waals surface area contributed by atoms with Crippen LogP contribution in [0.3, 0.4) is 0 Å². The molecule has 0 radical (unpaired) electrons. The van der Waals surface area contributed by atoms with Gasteiger partial charge in [-0.25, -0.2) is 4.39 Å². The number of rotatable bonds is 9. The van der Waals surface area contributed by atoms with Gasteiger partial charge in [0.2, 0.25) is 5.91 Å². The summed E-state index contributed by atoms with van der Waals surface area (Å²) in [6.45, 7) is 8.07. The molecule has 1 aromatic heterocycles. The molecule has 0 bridgehead atoms. The molecule has 1 heterocycles. The second-order valence-electron chi connectivity index (χ2n) is 5.53. The van der Waals surface area contributed by atoms with E-state index >= 15 is 0 Å². The minimum atomic E-state index is -0.433. The van der Waals surface area contributed by atoms with Gasteiger partial charge >= 0.3 is 0 Å². The number of carbonyl (C=O) groups excluding carboxylic acids is 1. The molecule has 0 fully saturated rings. The number of nitrogens with one attached hydrogen (secondary N) is 1. The van der Waals surface area contributed by atoms with E-state index in [1.54, 1.807) is 28.8 Å². The maximum Gasteiger partial charge on any atom is 0.230 e. The van der Waals surface area contributed by atoms with Crippen molar-refractivity contribution in [1.82, 2.24) is 20.1 Å². The number of aromatic nitrogens is 3. The average Bonchev–Trinajstić information content (AvgIpc) is 2.94. The Morgan fingerprint density at radius 2 is 2.20 bits per heavy atom. The predicted octanol–water partition coefficient (Wildman–Crippen LogP) is 2.80. The Balaban J connectivity index is 2.04. The van der Waals surface area contributed by atoms with E-state index in [-0.39, 0.29) is 30.1 Å². The fourth-order valence-electron chi connectivity index (χ4n) is 2.04. The lowest BCUT2D eigenvalue weighted by Gasteiger charge is -2.10. The van der Waals surface area contributed by atoms with Crippen LogP contribution in [0, 0.1) is 5.82 Å². The zero-order valence-electron chi connectivity index (χ0n) is 14.2. The van der Waals surface area contributed by atoms with Gasteiger partial charge in [-0.15, -0.1) is 16.8 Å². The molecule has 0 saturated heterocycles. The van der Waals surface area contributed by atoms with E-state index in [0.717, 1.165) is 0 Å². The molecule has 0 aliphatic rings. The Hall–Kier alpha value is -2.35. The van der Waals surface area contributed by atoms with Crippen LogP contribution in [0.25, 0.3) is 0 Å². The van der Waals surface area contributed by atoms with Gasteiger partial charge in [-0.3, -0.25) is 9.36 Å². The lowest BCUT2D eigenvalue weighted by atomic mass is 10.3. The number of halogens is 1. The van der Waals surface area contributed by atoms with E-state index in [1.165, 1.54) is 17.8 Å². The first-order valence-corrected chi connectivity index (χ1v) is 8.82. The zero-order chi connectivity index (χ0) is 18.2. The molecule has 0 saturated carbocycles. The molecular formula is C17H21FN4O2S. The van der Waals surface area contributed by atoms with Gasteiger partial charge in [0.1, 0.15) is 6.61 Å². The number of amides is 1. The smallest absolute Gasteiger partial charge is 0.230 e. The molecule has 1 aromatic carbocycles. The van der Waals surface area contributed by atoms with Crippen LogP contribution in [0.4, 0.5) is 4.39 Å². The highest BCUT2D eigenvalue weighted by molar-refractivity contribution is 7.99. The topological polar surface area (TPSA) is 69.0 Å². The molecule has 0 aliphatic carbocycles. The lowest BCUT2D eigenvalue weighted by Crippen LogP contribution is -2.31. The normalized spacial score (nSPS) is 10.7. The largest absolute Gasteiger partial charge is 0.483 e. The third kappa shape index (κ3) is 5.60. The van der Waals surface area contributed by atoms with Crippen molar-refractivity contribution in [2.24, 2.45) is 0 Å². The number of benzene rings is 1. The minimum absolute atomic E-state index is 0.0700. The SMILES string of the molecule is C=CCn1c(COc2ccccc2F)nnc1SCC(=O)NC(C)C. The van der Waals surface area contributed by atoms with Crippen LogP contribution in [0.5, 0.6) is 5.75 Å². The van der Waals surface area contributed by atoms with Crippen LogP contribution < -0.4 is 10.1 Å². The van der Waals surface area contributed by atoms with Gasteiger partial charge in [0.15, 0.2) is 22.5 Å². The summed E-state index contributed by atoms with van der Waals surface area (Å²) in [5.41, 5.74) is 0. The van der Waals surface area contributed by atoms with E-state index in [1.807, 2.05) is 13.8 Å². The number of hydrogen-bond donors (Lipinski definition) is 1. The predicted molar refractivity (Wildman–Crippen MR) is 95.0 cm³/mol. The summed E-state index contributed by atoms with van der Waals surface area (Å²) < 4.78 is 20.9. The number of hydrogen-bond acceptors (Lipinski definition) is 5. The van der Waals surface area contributed by atoms with Crippen molar-refractivity contribution in [2.75, 3.05) is 5.75 Å². The van der Waals surface area contributed by atoms with Crippen molar-refractivity contribution in [1.29, 1.82) is 0 Å². The maximum atomic E-state index is 13.6. The standard InChI is InChI=1S/C17H21FN4O2S/c1-4-9-22-15(10-24-14-8-6-5-7-13(14)18)20-21-17(22)25-11-16(23)19-12(2)3/h4-8,12H,1,9-11H2,2-3H3,(H,19,23). The monoisotopic (exact) mass is 364 g/mol. The highest BCUT2D eigenvalue weighted by Gasteiger charge is 2.15. The summed E-state index contributed by atoms with van der Waals surface area (Å²) >= 11 is 1.28. The Kier molecular flexibility index (Phi) is 7.00. The summed E-state index contributed by atoms with van der Waals surface area (Å²) in [6, 6.07) is 6.26. The van der Waals surface area contributed by atoms with Crippen LogP contribution in [0.1, 0.15) is 19.7 Å². The molecule has 6 nitrogen and oxygen atoms in total. The quantitative estimate of drug-likeness (QED) is 0.547. The van der Waals surface area contributed by atoms with E-state index in [9.17, 15) is 9.18 Å². The molecule has 2 aromatic rings. The number of carbonyl (C=O) groups is 1. The van der Waals surface area contributed by atoms with Crippen molar-refractivity contribution in [3.8, 4) is 5.75 Å². The van der Waals surface area contributed by atoms with Gasteiger partial charge in [-0.05, 0) is 26.0 Å². The lowest BCUT2D eigenvalue weighted by molar-refractivity contribution is -0.119. The summed E-state index contributed by atoms with van der Waals surface area (Å²) in [5, 5.41) is 11.6. The Bertz CT molecular complexity index is 733. The van der Waals surface area contributed by atoms with Gasteiger partial charge in [0, 0.05) is 12.6 Å². The number of nitrogens with zero attached hydrogens (tertiary/aromatic N) is 3. The molecule has 0 unspecified atom stereocenters. The second kappa shape index (κ2) is 9.22. The summed E-state index contributed by atoms with van der Waals surface area (Å²) in [5.74, 6) is 0.424. The molecule has 134 valence electrons. The molecule has 25 heavy (non-hydrogen) atoms. The highest BCUT2D eigenvalue weighted by atomic mass is 32.2. The number of para-hydroxylation sites is 1. The van der Waals surface area contributed by atoms with Crippen LogP contribution in [-0.4, -0.2) is 32.5 Å². The van der Waals surface area contributed by atoms with Crippen molar-refractivity contribution in [3.63, 3.8) is 0 Å². The van der Waals surface area contributed by atoms with E-state index in [0.29, 0.717) is 17.5 Å². The number of allylic oxidation sites excluding steroid dienone is 1. The Labute approximate surface area is 150 Å². The van der Waals surface area contributed by atoms with Crippen LogP contribution in [-0.2, 0) is 17.9 Å². The average molecular weight is 364 g/mol. The first-order valence-electron chi connectivity index (χ1n) is 7.83. The third-order valence-electron chi connectivity index (χ3n) is 3.08. The van der Waals surface area contributed by atoms with Gasteiger partial charge in [-0.1, -0.05) is 30.0 Å². The molecule has 1 N–H and O–H groups in total. The van der Waals surface area contributed by atoms with Crippen molar-refractivity contribution in [2.45, 2.75) is 38.2 Å². The second-order valence-corrected chi connectivity index (χ2v) is 6.47. The Morgan fingerprint density at radius 1 is 1.44 bits per heavy atom. The fourth-order valence-corrected chi connectivity index (χ4v) is 2.82. The zero-order valence-corrected chi connectivity index (χ0v) is 15.1. The maximum absolute atomic E-state index is 13.6. The van der Waals surface area contributed by atoms with Gasteiger partial charge < -0.3 is 10.1 Å². The Morgan fingerprint density at radius 3 is 2.88 bits per heavy atom. The van der Waals surface area contributed by atoms with E-state index in [4.69, 9.17) is 4.74 Å². The molecule has 0 aliphatic heterocycles. The van der Waals surface area contributed by atoms with Gasteiger partial charge in [-0.2, -0.15) is 0 Å². The van der Waals surface area contributed by atoms with Crippen molar-refractivity contribution < 1.29 is 13.9 Å². The third-order valence-corrected chi connectivity index (χ3v) is 4.05. The van der Waals surface area contributed by atoms with Gasteiger partial charge in [0.25, 0.3) is 0 Å². The molecule has 2 rings (SSSR count). The van der Waals surface area contributed by atoms with Crippen molar-refractivity contribution in [3.05, 3.63) is 48.6 Å². The van der Waals surface area contributed by atoms with Crippen LogP contribution >= 0.6 is 11.8 Å². The summed E-state index contributed by atoms with van der Waals surface area (Å²) in [6.07, 6.45) is 1.70. The first-order chi connectivity index (χ1) is 12.0. The molecule has 0 atom stereocenters. The van der Waals surface area contributed by atoms with Crippen molar-refractivity contribution >= 4 is 17.7 Å². The minimum Gasteiger partial charge on any atom is -0.483 e. The van der Waals surface area contributed by atoms with Crippen LogP contribution in [0.15, 0.2) is 42.1 Å². The highest BCUT2D eigenvalue weighted by Crippen LogP contribution is 2.20. The molecular weight excluding hydrogens is 343 g/mol.